The molecule has 0 saturated carbocycles. The first kappa shape index (κ1) is 19.8. The number of carbonyl (C=O) groups excluding carboxylic acids is 2. The molecule has 1 amide bonds. The summed E-state index contributed by atoms with van der Waals surface area (Å²) in [7, 11) is 0. The molecule has 0 spiro atoms. The summed E-state index contributed by atoms with van der Waals surface area (Å²) in [5.74, 6) is -1.98. The van der Waals surface area contributed by atoms with E-state index in [0.717, 1.165) is 16.5 Å². The number of nitrogens with zero attached hydrogens (tertiary/aromatic N) is 1. The number of fused-ring (bicyclic) bond motifs is 1. The Bertz CT molecular complexity index is 1340. The number of furan rings is 1. The smallest absolute Gasteiger partial charge is 0.295 e. The third kappa shape index (κ3) is 3.28. The van der Waals surface area contributed by atoms with Gasteiger partial charge in [0.1, 0.15) is 23.4 Å². The lowest BCUT2D eigenvalue weighted by molar-refractivity contribution is -0.140. The molecule has 1 atom stereocenters. The second-order valence-electron chi connectivity index (χ2n) is 7.62. The lowest BCUT2D eigenvalue weighted by atomic mass is 9.99. The number of ketones is 1. The fraction of sp³-hybridized carbons (Fsp3) is 0.120. The largest absolute Gasteiger partial charge is 0.507 e. The number of para-hydroxylation sites is 1. The van der Waals surface area contributed by atoms with Gasteiger partial charge in [0.25, 0.3) is 11.7 Å². The van der Waals surface area contributed by atoms with Crippen LogP contribution in [0.3, 0.4) is 0 Å². The summed E-state index contributed by atoms with van der Waals surface area (Å²) in [6, 6.07) is 15.4. The van der Waals surface area contributed by atoms with E-state index >= 15 is 0 Å². The first-order valence-electron chi connectivity index (χ1n) is 10.2. The Hall–Kier alpha value is -4.13. The summed E-state index contributed by atoms with van der Waals surface area (Å²) in [6.45, 7) is 0.248. The molecule has 4 aromatic rings. The first-order chi connectivity index (χ1) is 15.5. The molecule has 1 aliphatic rings. The number of rotatable bonds is 5. The SMILES string of the molecule is O=C1C(=O)N(CCc2c[nH]c3ccccc23)C(c2ccco2)/C1=C(/O)c1ccc(F)cc1. The Morgan fingerprint density at radius 2 is 1.84 bits per heavy atom. The molecular weight excluding hydrogens is 411 g/mol. The number of aliphatic hydroxyl groups is 1. The Balaban J connectivity index is 1.53. The average Bonchev–Trinajstić information content (AvgIpc) is 3.52. The van der Waals surface area contributed by atoms with Crippen LogP contribution < -0.4 is 0 Å². The predicted molar refractivity (Wildman–Crippen MR) is 116 cm³/mol. The monoisotopic (exact) mass is 430 g/mol. The summed E-state index contributed by atoms with van der Waals surface area (Å²) in [4.78, 5) is 30.5. The maximum atomic E-state index is 13.3. The van der Waals surface area contributed by atoms with Crippen LogP contribution in [0.15, 0.2) is 83.1 Å². The zero-order valence-corrected chi connectivity index (χ0v) is 16.9. The molecule has 1 unspecified atom stereocenters. The molecule has 2 aromatic carbocycles. The van der Waals surface area contributed by atoms with E-state index < -0.39 is 23.5 Å². The Morgan fingerprint density at radius 1 is 1.06 bits per heavy atom. The minimum Gasteiger partial charge on any atom is -0.507 e. The van der Waals surface area contributed by atoms with E-state index in [1.54, 1.807) is 12.1 Å². The number of amides is 1. The number of likely N-dealkylation sites (tertiary alicyclic amines) is 1. The highest BCUT2D eigenvalue weighted by Crippen LogP contribution is 2.39. The number of nitrogens with one attached hydrogen (secondary N) is 1. The zero-order valence-electron chi connectivity index (χ0n) is 16.9. The van der Waals surface area contributed by atoms with Crippen molar-refractivity contribution in [3.8, 4) is 0 Å². The second kappa shape index (κ2) is 7.85. The number of aromatic amines is 1. The molecule has 0 aliphatic carbocycles. The highest BCUT2D eigenvalue weighted by atomic mass is 19.1. The fourth-order valence-corrected chi connectivity index (χ4v) is 4.20. The molecule has 6 nitrogen and oxygen atoms in total. The van der Waals surface area contributed by atoms with Gasteiger partial charge in [-0.25, -0.2) is 4.39 Å². The van der Waals surface area contributed by atoms with Crippen LogP contribution in [0.1, 0.15) is 22.9 Å². The second-order valence-corrected chi connectivity index (χ2v) is 7.62. The van der Waals surface area contributed by atoms with Gasteiger partial charge in [0.05, 0.1) is 11.8 Å². The number of benzene rings is 2. The zero-order chi connectivity index (χ0) is 22.2. The molecule has 7 heteroatoms. The summed E-state index contributed by atoms with van der Waals surface area (Å²) < 4.78 is 18.9. The van der Waals surface area contributed by atoms with Crippen molar-refractivity contribution < 1.29 is 23.5 Å². The molecule has 32 heavy (non-hydrogen) atoms. The van der Waals surface area contributed by atoms with Crippen LogP contribution in [0.5, 0.6) is 0 Å². The minimum atomic E-state index is -0.875. The van der Waals surface area contributed by atoms with Crippen molar-refractivity contribution in [2.75, 3.05) is 6.54 Å². The van der Waals surface area contributed by atoms with Crippen molar-refractivity contribution in [2.24, 2.45) is 0 Å². The summed E-state index contributed by atoms with van der Waals surface area (Å²) >= 11 is 0. The molecule has 2 aromatic heterocycles. The van der Waals surface area contributed by atoms with Crippen molar-refractivity contribution in [2.45, 2.75) is 12.5 Å². The number of Topliss-reactive ketones (excluding diaryl/α,β-unsaturated/α-hetero) is 1. The van der Waals surface area contributed by atoms with E-state index in [0.29, 0.717) is 12.2 Å². The van der Waals surface area contributed by atoms with Gasteiger partial charge in [-0.3, -0.25) is 9.59 Å². The standard InChI is InChI=1S/C25H19FN2O4/c26-17-9-7-15(8-10-17)23(29)21-22(20-6-3-13-32-20)28(25(31)24(21)30)12-11-16-14-27-19-5-2-1-4-18(16)19/h1-10,13-14,22,27,29H,11-12H2/b23-21-. The van der Waals surface area contributed by atoms with Crippen molar-refractivity contribution in [3.63, 3.8) is 0 Å². The van der Waals surface area contributed by atoms with Crippen LogP contribution in [0.2, 0.25) is 0 Å². The van der Waals surface area contributed by atoms with Crippen LogP contribution in [0.25, 0.3) is 16.7 Å². The third-order valence-electron chi connectivity index (χ3n) is 5.77. The van der Waals surface area contributed by atoms with Gasteiger partial charge in [-0.1, -0.05) is 18.2 Å². The number of aliphatic hydroxyl groups excluding tert-OH is 1. The van der Waals surface area contributed by atoms with Crippen molar-refractivity contribution >= 4 is 28.4 Å². The molecule has 2 N–H and O–H groups in total. The number of aromatic nitrogens is 1. The number of hydrogen-bond acceptors (Lipinski definition) is 4. The van der Waals surface area contributed by atoms with Crippen molar-refractivity contribution in [1.82, 2.24) is 9.88 Å². The molecule has 0 bridgehead atoms. The minimum absolute atomic E-state index is 0.0736. The average molecular weight is 430 g/mol. The topological polar surface area (TPSA) is 86.5 Å². The van der Waals surface area contributed by atoms with Crippen LogP contribution in [0.4, 0.5) is 4.39 Å². The number of H-pyrrole nitrogens is 1. The van der Waals surface area contributed by atoms with Crippen molar-refractivity contribution in [3.05, 3.63) is 101 Å². The molecule has 3 heterocycles. The molecule has 1 saturated heterocycles. The van der Waals surface area contributed by atoms with Crippen molar-refractivity contribution in [1.29, 1.82) is 0 Å². The summed E-state index contributed by atoms with van der Waals surface area (Å²) in [5.41, 5.74) is 2.18. The van der Waals surface area contributed by atoms with Gasteiger partial charge in [0, 0.05) is 29.2 Å². The quantitative estimate of drug-likeness (QED) is 0.276. The van der Waals surface area contributed by atoms with Gasteiger partial charge in [-0.2, -0.15) is 0 Å². The molecule has 160 valence electrons. The number of carbonyl (C=O) groups is 2. The predicted octanol–water partition coefficient (Wildman–Crippen LogP) is 4.56. The van der Waals surface area contributed by atoms with Gasteiger partial charge in [-0.15, -0.1) is 0 Å². The Morgan fingerprint density at radius 3 is 2.59 bits per heavy atom. The molecule has 5 rings (SSSR count). The van der Waals surface area contributed by atoms with Gasteiger partial charge in [0.2, 0.25) is 0 Å². The van der Waals surface area contributed by atoms with Gasteiger partial charge in [0.15, 0.2) is 0 Å². The first-order valence-corrected chi connectivity index (χ1v) is 10.2. The maximum absolute atomic E-state index is 13.3. The van der Waals surface area contributed by atoms with Crippen LogP contribution in [0, 0.1) is 5.82 Å². The van der Waals surface area contributed by atoms with Crippen LogP contribution >= 0.6 is 0 Å². The van der Waals surface area contributed by atoms with E-state index in [9.17, 15) is 19.1 Å². The Kier molecular flexibility index (Phi) is 4.86. The molecule has 1 fully saturated rings. The van der Waals surface area contributed by atoms with Gasteiger partial charge < -0.3 is 19.4 Å². The number of hydrogen-bond donors (Lipinski definition) is 2. The molecule has 1 aliphatic heterocycles. The van der Waals surface area contributed by atoms with E-state index in [1.807, 2.05) is 30.5 Å². The third-order valence-corrected chi connectivity index (χ3v) is 5.77. The van der Waals surface area contributed by atoms with Gasteiger partial charge in [-0.05, 0) is 54.4 Å². The normalized spacial score (nSPS) is 18.0. The fourth-order valence-electron chi connectivity index (χ4n) is 4.20. The summed E-state index contributed by atoms with van der Waals surface area (Å²) in [6.07, 6.45) is 3.85. The summed E-state index contributed by atoms with van der Waals surface area (Å²) in [5, 5.41) is 11.9. The highest BCUT2D eigenvalue weighted by molar-refractivity contribution is 6.46. The van der Waals surface area contributed by atoms with E-state index in [-0.39, 0.29) is 23.4 Å². The molecule has 0 radical (unpaired) electrons. The van der Waals surface area contributed by atoms with Crippen LogP contribution in [-0.4, -0.2) is 33.2 Å². The van der Waals surface area contributed by atoms with E-state index in [2.05, 4.69) is 4.98 Å². The lowest BCUT2D eigenvalue weighted by Gasteiger charge is -2.23. The lowest BCUT2D eigenvalue weighted by Crippen LogP contribution is -2.31. The highest BCUT2D eigenvalue weighted by Gasteiger charge is 2.47. The number of halogens is 1. The molecular formula is C25H19FN2O4. The van der Waals surface area contributed by atoms with E-state index in [1.165, 1.54) is 35.4 Å². The Labute approximate surface area is 182 Å². The van der Waals surface area contributed by atoms with Crippen LogP contribution in [-0.2, 0) is 16.0 Å². The van der Waals surface area contributed by atoms with E-state index in [4.69, 9.17) is 4.42 Å². The maximum Gasteiger partial charge on any atom is 0.295 e. The van der Waals surface area contributed by atoms with Gasteiger partial charge >= 0.3 is 0 Å².